The molecule has 1 fully saturated rings. The summed E-state index contributed by atoms with van der Waals surface area (Å²) in [4.78, 5) is 45.8. The van der Waals surface area contributed by atoms with Crippen molar-refractivity contribution in [3.63, 3.8) is 0 Å². The van der Waals surface area contributed by atoms with Gasteiger partial charge in [0.25, 0.3) is 5.91 Å². The first-order chi connectivity index (χ1) is 16.7. The van der Waals surface area contributed by atoms with Crippen LogP contribution in [0.15, 0.2) is 30.6 Å². The highest BCUT2D eigenvalue weighted by molar-refractivity contribution is 5.95. The molecule has 1 aliphatic rings. The van der Waals surface area contributed by atoms with Crippen LogP contribution in [0.5, 0.6) is 0 Å². The average Bonchev–Trinajstić information content (AvgIpc) is 3.17. The Labute approximate surface area is 204 Å². The van der Waals surface area contributed by atoms with Crippen LogP contribution in [0.4, 0.5) is 22.4 Å². The number of alkyl halides is 4. The largest absolute Gasteiger partial charge is 0.444 e. The lowest BCUT2D eigenvalue weighted by molar-refractivity contribution is -0.141. The van der Waals surface area contributed by atoms with Crippen LogP contribution < -0.4 is 5.73 Å². The molecule has 0 aliphatic carbocycles. The lowest BCUT2D eigenvalue weighted by Crippen LogP contribution is -2.46. The molecule has 2 aromatic heterocycles. The number of ketones is 1. The van der Waals surface area contributed by atoms with E-state index in [1.54, 1.807) is 20.8 Å². The Morgan fingerprint density at radius 1 is 1.14 bits per heavy atom. The van der Waals surface area contributed by atoms with E-state index < -0.39 is 47.5 Å². The molecule has 194 valence electrons. The minimum atomic E-state index is -4.60. The summed E-state index contributed by atoms with van der Waals surface area (Å²) in [6.07, 6.45) is -5.07. The zero-order valence-corrected chi connectivity index (χ0v) is 19.9. The van der Waals surface area contributed by atoms with Crippen LogP contribution in [-0.2, 0) is 22.1 Å². The monoisotopic (exact) mass is 510 g/mol. The molecule has 0 spiro atoms. The number of carbonyl (C=O) groups excluding carboxylic acids is 3. The van der Waals surface area contributed by atoms with Crippen molar-refractivity contribution in [2.75, 3.05) is 6.54 Å². The average molecular weight is 510 g/mol. The van der Waals surface area contributed by atoms with E-state index in [2.05, 4.69) is 9.97 Å². The molecule has 36 heavy (non-hydrogen) atoms. The lowest BCUT2D eigenvalue weighted by Gasteiger charge is -2.28. The number of rotatable bonds is 6. The molecule has 2 N–H and O–H groups in total. The highest BCUT2D eigenvalue weighted by Crippen LogP contribution is 2.30. The van der Waals surface area contributed by atoms with E-state index in [0.717, 1.165) is 23.4 Å². The van der Waals surface area contributed by atoms with Crippen molar-refractivity contribution in [1.82, 2.24) is 14.9 Å². The van der Waals surface area contributed by atoms with Crippen LogP contribution >= 0.6 is 0 Å². The second-order valence-electron chi connectivity index (χ2n) is 9.41. The molecule has 0 saturated carbocycles. The van der Waals surface area contributed by atoms with Gasteiger partial charge in [0, 0.05) is 30.9 Å². The van der Waals surface area contributed by atoms with Crippen LogP contribution in [0, 0.1) is 0 Å². The predicted molar refractivity (Wildman–Crippen MR) is 121 cm³/mol. The van der Waals surface area contributed by atoms with E-state index in [4.69, 9.17) is 10.5 Å². The molecule has 12 heteroatoms. The summed E-state index contributed by atoms with van der Waals surface area (Å²) in [6, 6.07) is 2.08. The number of hydrogen-bond acceptors (Lipinski definition) is 6. The van der Waals surface area contributed by atoms with E-state index >= 15 is 0 Å². The minimum Gasteiger partial charge on any atom is -0.444 e. The van der Waals surface area contributed by atoms with Gasteiger partial charge in [0.05, 0.1) is 11.3 Å². The molecule has 3 rings (SSSR count). The number of amides is 2. The number of likely N-dealkylation sites (tertiary alicyclic amines) is 1. The fraction of sp³-hybridized carbons (Fsp3) is 0.458. The molecule has 1 aliphatic heterocycles. The normalized spacial score (nSPS) is 18.2. The molecule has 3 heterocycles. The van der Waals surface area contributed by atoms with Crippen molar-refractivity contribution in [3.8, 4) is 11.3 Å². The third-order valence-electron chi connectivity index (χ3n) is 5.53. The molecule has 0 radical (unpaired) electrons. The number of ether oxygens (including phenoxy) is 1. The Bertz CT molecular complexity index is 1150. The molecule has 8 nitrogen and oxygen atoms in total. The number of halogens is 4. The van der Waals surface area contributed by atoms with Gasteiger partial charge in [0.15, 0.2) is 5.78 Å². The summed E-state index contributed by atoms with van der Waals surface area (Å²) in [6.45, 7) is 5.00. The second kappa shape index (κ2) is 10.2. The van der Waals surface area contributed by atoms with Gasteiger partial charge in [-0.15, -0.1) is 0 Å². The van der Waals surface area contributed by atoms with Gasteiger partial charge in [-0.1, -0.05) is 0 Å². The Morgan fingerprint density at radius 2 is 1.83 bits per heavy atom. The first kappa shape index (κ1) is 27.0. The summed E-state index contributed by atoms with van der Waals surface area (Å²) in [5, 5.41) is 0. The lowest BCUT2D eigenvalue weighted by atomic mass is 9.97. The van der Waals surface area contributed by atoms with Crippen molar-refractivity contribution >= 4 is 17.8 Å². The van der Waals surface area contributed by atoms with Gasteiger partial charge in [-0.2, -0.15) is 13.2 Å². The highest BCUT2D eigenvalue weighted by atomic mass is 19.4. The standard InChI is InChI=1S/C24H26F4N4O4/c1-23(2,3)36-22(35)32-9-8-16(25)20(32)18(33)6-4-13-10-17(30-12-15(13)21(29)34)14-5-7-19(31-11-14)24(26,27)28/h5,7,10-12,16,20H,4,6,8-9H2,1-3H3,(H2,29,34)/t16-,20-/m0/s1. The van der Waals surface area contributed by atoms with Gasteiger partial charge >= 0.3 is 12.3 Å². The first-order valence-corrected chi connectivity index (χ1v) is 11.2. The van der Waals surface area contributed by atoms with Gasteiger partial charge in [-0.05, 0) is 57.4 Å². The molecule has 2 aromatic rings. The minimum absolute atomic E-state index is 0.0114. The number of hydrogen-bond donors (Lipinski definition) is 1. The first-order valence-electron chi connectivity index (χ1n) is 11.2. The zero-order valence-electron chi connectivity index (χ0n) is 19.9. The van der Waals surface area contributed by atoms with E-state index in [9.17, 15) is 31.9 Å². The Kier molecular flexibility index (Phi) is 7.65. The van der Waals surface area contributed by atoms with Crippen molar-refractivity contribution in [2.24, 2.45) is 5.73 Å². The molecular weight excluding hydrogens is 484 g/mol. The fourth-order valence-electron chi connectivity index (χ4n) is 3.86. The maximum atomic E-state index is 14.6. The van der Waals surface area contributed by atoms with Crippen LogP contribution in [0.3, 0.4) is 0 Å². The van der Waals surface area contributed by atoms with Gasteiger partial charge in [-0.25, -0.2) is 9.18 Å². The molecule has 0 unspecified atom stereocenters. The highest BCUT2D eigenvalue weighted by Gasteiger charge is 2.43. The van der Waals surface area contributed by atoms with Gasteiger partial charge in [0.1, 0.15) is 23.5 Å². The number of carbonyl (C=O) groups is 3. The summed E-state index contributed by atoms with van der Waals surface area (Å²) in [5.74, 6) is -1.38. The summed E-state index contributed by atoms with van der Waals surface area (Å²) in [5.41, 5.74) is 4.30. The smallest absolute Gasteiger partial charge is 0.433 e. The molecule has 1 saturated heterocycles. The maximum Gasteiger partial charge on any atom is 0.433 e. The topological polar surface area (TPSA) is 115 Å². The van der Waals surface area contributed by atoms with Crippen LogP contribution in [0.25, 0.3) is 11.3 Å². The predicted octanol–water partition coefficient (Wildman–Crippen LogP) is 4.11. The van der Waals surface area contributed by atoms with Gasteiger partial charge < -0.3 is 10.5 Å². The Morgan fingerprint density at radius 3 is 2.39 bits per heavy atom. The van der Waals surface area contributed by atoms with Crippen molar-refractivity contribution in [2.45, 2.75) is 64.0 Å². The van der Waals surface area contributed by atoms with Crippen molar-refractivity contribution in [3.05, 3.63) is 47.4 Å². The number of primary amides is 1. The number of Topliss-reactive ketones (excluding diaryl/α,β-unsaturated/α-hetero) is 1. The number of nitrogens with two attached hydrogens (primary N) is 1. The third kappa shape index (κ3) is 6.35. The number of aryl methyl sites for hydroxylation is 1. The quantitative estimate of drug-likeness (QED) is 0.585. The van der Waals surface area contributed by atoms with Crippen molar-refractivity contribution in [1.29, 1.82) is 0 Å². The second-order valence-corrected chi connectivity index (χ2v) is 9.41. The van der Waals surface area contributed by atoms with Crippen molar-refractivity contribution < 1.29 is 36.7 Å². The summed E-state index contributed by atoms with van der Waals surface area (Å²) >= 11 is 0. The van der Waals surface area contributed by atoms with Gasteiger partial charge in [-0.3, -0.25) is 24.5 Å². The summed E-state index contributed by atoms with van der Waals surface area (Å²) in [7, 11) is 0. The molecule has 0 aromatic carbocycles. The number of aromatic nitrogens is 2. The van der Waals surface area contributed by atoms with E-state index in [-0.39, 0.29) is 42.6 Å². The number of nitrogens with zero attached hydrogens (tertiary/aromatic N) is 3. The molecule has 2 amide bonds. The van der Waals surface area contributed by atoms with Crippen LogP contribution in [-0.4, -0.2) is 57.0 Å². The van der Waals surface area contributed by atoms with Gasteiger partial charge in [0.2, 0.25) is 0 Å². The molecular formula is C24H26F4N4O4. The number of pyridine rings is 2. The van der Waals surface area contributed by atoms with Crippen LogP contribution in [0.2, 0.25) is 0 Å². The van der Waals surface area contributed by atoms with Crippen LogP contribution in [0.1, 0.15) is 55.2 Å². The van der Waals surface area contributed by atoms with E-state index in [1.165, 1.54) is 12.1 Å². The van der Waals surface area contributed by atoms with E-state index in [0.29, 0.717) is 5.56 Å². The molecule has 2 atom stereocenters. The Balaban J connectivity index is 1.80. The Hall–Kier alpha value is -3.57. The maximum absolute atomic E-state index is 14.6. The SMILES string of the molecule is CC(C)(C)OC(=O)N1CC[C@H](F)[C@H]1C(=O)CCc1cc(-c2ccc(C(F)(F)F)nc2)ncc1C(N)=O. The summed E-state index contributed by atoms with van der Waals surface area (Å²) < 4.78 is 58.2. The molecule has 0 bridgehead atoms. The van der Waals surface area contributed by atoms with E-state index in [1.807, 2.05) is 0 Å². The fourth-order valence-corrected chi connectivity index (χ4v) is 3.86. The zero-order chi connectivity index (χ0) is 26.8. The third-order valence-corrected chi connectivity index (χ3v) is 5.53.